The molecule has 0 saturated carbocycles. The van der Waals surface area contributed by atoms with E-state index >= 15 is 0 Å². The van der Waals surface area contributed by atoms with Crippen LogP contribution in [-0.2, 0) is 13.1 Å². The second-order valence-corrected chi connectivity index (χ2v) is 6.94. The smallest absolute Gasteiger partial charge is 0.191 e. The van der Waals surface area contributed by atoms with Gasteiger partial charge in [-0.15, -0.1) is 0 Å². The van der Waals surface area contributed by atoms with Crippen LogP contribution in [0.3, 0.4) is 0 Å². The second kappa shape index (κ2) is 10.5. The number of methoxy groups -OCH3 is 2. The van der Waals surface area contributed by atoms with Gasteiger partial charge in [0.15, 0.2) is 5.96 Å². The van der Waals surface area contributed by atoms with Gasteiger partial charge in [0.1, 0.15) is 17.3 Å². The summed E-state index contributed by atoms with van der Waals surface area (Å²) < 4.78 is 10.7. The monoisotopic (exact) mass is 397 g/mol. The Kier molecular flexibility index (Phi) is 7.55. The van der Waals surface area contributed by atoms with Gasteiger partial charge in [-0.05, 0) is 49.6 Å². The van der Waals surface area contributed by atoms with Gasteiger partial charge in [0.2, 0.25) is 0 Å². The molecule has 7 heteroatoms. The number of nitrogens with one attached hydrogen (secondary N) is 2. The number of hydrogen-bond acceptors (Lipinski definition) is 5. The van der Waals surface area contributed by atoms with Gasteiger partial charge in [-0.2, -0.15) is 0 Å². The molecule has 0 amide bonds. The topological polar surface area (TPSA) is 71.0 Å². The van der Waals surface area contributed by atoms with Crippen LogP contribution in [0.15, 0.2) is 41.5 Å². The molecule has 0 aliphatic carbocycles. The minimum Gasteiger partial charge on any atom is -0.497 e. The van der Waals surface area contributed by atoms with Crippen LogP contribution in [0.4, 0.5) is 5.82 Å². The minimum absolute atomic E-state index is 0.596. The van der Waals surface area contributed by atoms with Gasteiger partial charge in [-0.3, -0.25) is 0 Å². The van der Waals surface area contributed by atoms with Crippen molar-refractivity contribution < 1.29 is 9.47 Å². The number of nitrogens with zero attached hydrogens (tertiary/aromatic N) is 3. The highest BCUT2D eigenvalue weighted by atomic mass is 16.5. The van der Waals surface area contributed by atoms with Gasteiger partial charge in [-0.1, -0.05) is 0 Å². The van der Waals surface area contributed by atoms with Gasteiger partial charge in [0.25, 0.3) is 0 Å². The maximum absolute atomic E-state index is 5.48. The zero-order valence-electron chi connectivity index (χ0n) is 17.6. The van der Waals surface area contributed by atoms with Gasteiger partial charge < -0.3 is 25.0 Å². The van der Waals surface area contributed by atoms with E-state index in [-0.39, 0.29) is 0 Å². The van der Waals surface area contributed by atoms with Gasteiger partial charge in [0.05, 0.1) is 20.8 Å². The van der Waals surface area contributed by atoms with Crippen molar-refractivity contribution in [1.29, 1.82) is 0 Å². The van der Waals surface area contributed by atoms with Crippen LogP contribution in [0.5, 0.6) is 11.5 Å². The summed E-state index contributed by atoms with van der Waals surface area (Å²) in [5, 5.41) is 6.68. The third kappa shape index (κ3) is 5.76. The second-order valence-electron chi connectivity index (χ2n) is 6.94. The van der Waals surface area contributed by atoms with E-state index in [0.717, 1.165) is 54.0 Å². The van der Waals surface area contributed by atoms with E-state index in [4.69, 9.17) is 14.5 Å². The Morgan fingerprint density at radius 3 is 2.66 bits per heavy atom. The number of pyridine rings is 1. The van der Waals surface area contributed by atoms with E-state index in [1.54, 1.807) is 14.2 Å². The number of anilines is 1. The fraction of sp³-hybridized carbons (Fsp3) is 0.455. The predicted octanol–water partition coefficient (Wildman–Crippen LogP) is 2.95. The van der Waals surface area contributed by atoms with Crippen molar-refractivity contribution in [2.24, 2.45) is 4.99 Å². The van der Waals surface area contributed by atoms with E-state index in [1.165, 1.54) is 12.8 Å². The molecule has 2 N–H and O–H groups in total. The Labute approximate surface area is 173 Å². The number of aromatic nitrogens is 1. The molecule has 1 aliphatic rings. The molecule has 29 heavy (non-hydrogen) atoms. The van der Waals surface area contributed by atoms with E-state index in [2.05, 4.69) is 33.5 Å². The Hall–Kier alpha value is -2.96. The van der Waals surface area contributed by atoms with Crippen molar-refractivity contribution in [2.45, 2.75) is 32.9 Å². The number of rotatable bonds is 8. The Morgan fingerprint density at radius 1 is 1.10 bits per heavy atom. The van der Waals surface area contributed by atoms with E-state index < -0.39 is 0 Å². The van der Waals surface area contributed by atoms with Crippen LogP contribution in [-0.4, -0.2) is 44.8 Å². The Balaban J connectivity index is 1.65. The van der Waals surface area contributed by atoms with Crippen molar-refractivity contribution in [2.75, 3.05) is 38.8 Å². The lowest BCUT2D eigenvalue weighted by atomic mass is 10.2. The fourth-order valence-corrected chi connectivity index (χ4v) is 3.37. The molecule has 1 aromatic carbocycles. The number of hydrogen-bond donors (Lipinski definition) is 2. The number of benzene rings is 1. The van der Waals surface area contributed by atoms with Crippen LogP contribution in [0.1, 0.15) is 30.9 Å². The van der Waals surface area contributed by atoms with Gasteiger partial charge >= 0.3 is 0 Å². The summed E-state index contributed by atoms with van der Waals surface area (Å²) in [5.74, 6) is 3.38. The average molecular weight is 398 g/mol. The molecule has 156 valence electrons. The molecule has 0 bridgehead atoms. The lowest BCUT2D eigenvalue weighted by Gasteiger charge is -2.17. The predicted molar refractivity (Wildman–Crippen MR) is 117 cm³/mol. The largest absolute Gasteiger partial charge is 0.497 e. The van der Waals surface area contributed by atoms with Crippen molar-refractivity contribution in [1.82, 2.24) is 15.6 Å². The molecule has 7 nitrogen and oxygen atoms in total. The van der Waals surface area contributed by atoms with Crippen molar-refractivity contribution >= 4 is 11.8 Å². The number of aliphatic imine (C=N–C) groups is 1. The fourth-order valence-electron chi connectivity index (χ4n) is 3.37. The summed E-state index contributed by atoms with van der Waals surface area (Å²) in [5.41, 5.74) is 2.19. The number of guanidine groups is 1. The minimum atomic E-state index is 0.596. The first-order chi connectivity index (χ1) is 14.2. The first kappa shape index (κ1) is 20.8. The van der Waals surface area contributed by atoms with Crippen LogP contribution in [0.25, 0.3) is 0 Å². The molecule has 0 atom stereocenters. The number of ether oxygens (including phenoxy) is 2. The molecule has 2 aromatic rings. The highest BCUT2D eigenvalue weighted by molar-refractivity contribution is 5.79. The molecule has 0 unspecified atom stereocenters. The molecular weight excluding hydrogens is 366 g/mol. The zero-order chi connectivity index (χ0) is 20.5. The summed E-state index contributed by atoms with van der Waals surface area (Å²) in [6.07, 6.45) is 4.36. The highest BCUT2D eigenvalue weighted by Gasteiger charge is 2.13. The van der Waals surface area contributed by atoms with Crippen LogP contribution >= 0.6 is 0 Å². The van der Waals surface area contributed by atoms with Crippen LogP contribution in [0.2, 0.25) is 0 Å². The summed E-state index contributed by atoms with van der Waals surface area (Å²) in [6, 6.07) is 9.99. The molecule has 2 heterocycles. The molecule has 1 fully saturated rings. The quantitative estimate of drug-likeness (QED) is 0.527. The van der Waals surface area contributed by atoms with Gasteiger partial charge in [0, 0.05) is 44.0 Å². The SMILES string of the molecule is CCNC(=NCc1ccnc(N2CCCC2)c1)NCc1ccc(OC)cc1OC. The summed E-state index contributed by atoms with van der Waals surface area (Å²) in [4.78, 5) is 11.6. The van der Waals surface area contributed by atoms with Gasteiger partial charge in [-0.25, -0.2) is 9.98 Å². The van der Waals surface area contributed by atoms with E-state index in [0.29, 0.717) is 13.1 Å². The summed E-state index contributed by atoms with van der Waals surface area (Å²) in [6.45, 7) is 6.23. The van der Waals surface area contributed by atoms with E-state index in [9.17, 15) is 0 Å². The lowest BCUT2D eigenvalue weighted by Crippen LogP contribution is -2.36. The summed E-state index contributed by atoms with van der Waals surface area (Å²) >= 11 is 0. The molecule has 1 saturated heterocycles. The molecule has 0 spiro atoms. The average Bonchev–Trinajstić information content (AvgIpc) is 3.31. The van der Waals surface area contributed by atoms with Crippen molar-refractivity contribution in [3.05, 3.63) is 47.7 Å². The maximum Gasteiger partial charge on any atom is 0.191 e. The third-order valence-corrected chi connectivity index (χ3v) is 4.94. The Bertz CT molecular complexity index is 819. The van der Waals surface area contributed by atoms with Crippen LogP contribution < -0.4 is 25.0 Å². The highest BCUT2D eigenvalue weighted by Crippen LogP contribution is 2.24. The first-order valence-corrected chi connectivity index (χ1v) is 10.2. The standard InChI is InChI=1S/C22H31N5O2/c1-4-23-22(26-16-18-7-8-19(28-2)14-20(18)29-3)25-15-17-9-10-24-21(13-17)27-11-5-6-12-27/h7-10,13-14H,4-6,11-12,15-16H2,1-3H3,(H2,23,25,26). The summed E-state index contributed by atoms with van der Waals surface area (Å²) in [7, 11) is 3.32. The molecule has 3 rings (SSSR count). The molecule has 1 aliphatic heterocycles. The zero-order valence-corrected chi connectivity index (χ0v) is 17.6. The third-order valence-electron chi connectivity index (χ3n) is 4.94. The first-order valence-electron chi connectivity index (χ1n) is 10.2. The lowest BCUT2D eigenvalue weighted by molar-refractivity contribution is 0.390. The van der Waals surface area contributed by atoms with Crippen molar-refractivity contribution in [3.8, 4) is 11.5 Å². The van der Waals surface area contributed by atoms with Crippen molar-refractivity contribution in [3.63, 3.8) is 0 Å². The maximum atomic E-state index is 5.48. The van der Waals surface area contributed by atoms with Crippen LogP contribution in [0, 0.1) is 0 Å². The Morgan fingerprint density at radius 2 is 1.93 bits per heavy atom. The molecule has 0 radical (unpaired) electrons. The van der Waals surface area contributed by atoms with E-state index in [1.807, 2.05) is 30.5 Å². The normalized spacial score (nSPS) is 14.0. The molecule has 1 aromatic heterocycles. The molecular formula is C22H31N5O2.